The Balaban J connectivity index is 1.67. The number of hydrogen-bond donors (Lipinski definition) is 1. The lowest BCUT2D eigenvalue weighted by molar-refractivity contribution is -0.150. The Labute approximate surface area is 207 Å². The highest BCUT2D eigenvalue weighted by Gasteiger charge is 2.40. The number of aliphatic hydroxyl groups excluding tert-OH is 1. The average Bonchev–Trinajstić information content (AvgIpc) is 3.19. The molecule has 4 atom stereocenters. The van der Waals surface area contributed by atoms with Gasteiger partial charge in [0.2, 0.25) is 0 Å². The second kappa shape index (κ2) is 13.5. The highest BCUT2D eigenvalue weighted by Crippen LogP contribution is 2.44. The van der Waals surface area contributed by atoms with Crippen LogP contribution in [-0.4, -0.2) is 36.7 Å². The lowest BCUT2D eigenvalue weighted by Gasteiger charge is -2.20. The van der Waals surface area contributed by atoms with Crippen molar-refractivity contribution in [3.8, 4) is 5.75 Å². The largest absolute Gasteiger partial charge is 0.493 e. The summed E-state index contributed by atoms with van der Waals surface area (Å²) < 4.78 is 10.3. The van der Waals surface area contributed by atoms with Crippen LogP contribution in [0.3, 0.4) is 0 Å². The lowest BCUT2D eigenvalue weighted by atomic mass is 9.83. The molecular weight excluding hydrogens is 440 g/mol. The minimum absolute atomic E-state index is 0.0839. The number of carbonyl (C=O) groups is 2. The third-order valence-corrected chi connectivity index (χ3v) is 6.35. The van der Waals surface area contributed by atoms with Gasteiger partial charge in [0.15, 0.2) is 6.10 Å². The maximum Gasteiger partial charge on any atom is 0.335 e. The normalized spacial score (nSPS) is 20.3. The molecule has 0 saturated heterocycles. The molecular formula is C30H34O5. The summed E-state index contributed by atoms with van der Waals surface area (Å²) in [7, 11) is 1.24. The molecule has 1 fully saturated rings. The Kier molecular flexibility index (Phi) is 10.1. The number of aryl methyl sites for hydroxylation is 1. The number of hydrogen-bond acceptors (Lipinski definition) is 5. The molecule has 1 saturated carbocycles. The first-order valence-corrected chi connectivity index (χ1v) is 12.1. The monoisotopic (exact) mass is 474 g/mol. The molecule has 0 bridgehead atoms. The second-order valence-electron chi connectivity index (χ2n) is 8.84. The third-order valence-electron chi connectivity index (χ3n) is 6.35. The van der Waals surface area contributed by atoms with Crippen LogP contribution in [-0.2, 0) is 14.3 Å². The number of Topliss-reactive ketones (excluding diaryl/α,β-unsaturated/α-hetero) is 1. The number of esters is 1. The first-order chi connectivity index (χ1) is 17.0. The fourth-order valence-corrected chi connectivity index (χ4v) is 4.41. The summed E-state index contributed by atoms with van der Waals surface area (Å²) in [5.41, 5.74) is 5.38. The molecule has 35 heavy (non-hydrogen) atoms. The molecule has 5 nitrogen and oxygen atoms in total. The van der Waals surface area contributed by atoms with Gasteiger partial charge in [0.25, 0.3) is 0 Å². The lowest BCUT2D eigenvalue weighted by Crippen LogP contribution is -2.20. The van der Waals surface area contributed by atoms with Crippen molar-refractivity contribution in [1.29, 1.82) is 0 Å². The molecule has 1 unspecified atom stereocenters. The number of methoxy groups -OCH3 is 1. The van der Waals surface area contributed by atoms with E-state index < -0.39 is 12.1 Å². The zero-order valence-corrected chi connectivity index (χ0v) is 20.4. The van der Waals surface area contributed by atoms with Crippen LogP contribution in [0, 0.1) is 18.8 Å². The van der Waals surface area contributed by atoms with Crippen LogP contribution in [0.15, 0.2) is 84.6 Å². The Morgan fingerprint density at radius 1 is 1.14 bits per heavy atom. The van der Waals surface area contributed by atoms with Crippen LogP contribution >= 0.6 is 0 Å². The predicted molar refractivity (Wildman–Crippen MR) is 136 cm³/mol. The van der Waals surface area contributed by atoms with Gasteiger partial charge >= 0.3 is 5.97 Å². The SMILES string of the molecule is COC(=O)C(O)CC=C=CC[C@H]1C(=O)C[C@@H](c2ccc(C)cc2)[C@@H]1/C=C/CCOc1ccccc1. The maximum atomic E-state index is 13.0. The number of aliphatic hydroxyl groups is 1. The number of ether oxygens (including phenoxy) is 2. The van der Waals surface area contributed by atoms with Crippen LogP contribution in [0.2, 0.25) is 0 Å². The van der Waals surface area contributed by atoms with Gasteiger partial charge in [-0.1, -0.05) is 60.2 Å². The van der Waals surface area contributed by atoms with Crippen LogP contribution in [0.25, 0.3) is 0 Å². The number of para-hydroxylation sites is 1. The Morgan fingerprint density at radius 3 is 2.60 bits per heavy atom. The molecule has 1 aliphatic rings. The van der Waals surface area contributed by atoms with E-state index in [1.54, 1.807) is 6.08 Å². The topological polar surface area (TPSA) is 72.8 Å². The number of carbonyl (C=O) groups excluding carboxylic acids is 2. The number of benzene rings is 2. The summed E-state index contributed by atoms with van der Waals surface area (Å²) in [5, 5.41) is 9.67. The van der Waals surface area contributed by atoms with Crippen molar-refractivity contribution in [2.45, 2.75) is 44.6 Å². The van der Waals surface area contributed by atoms with E-state index in [9.17, 15) is 14.7 Å². The van der Waals surface area contributed by atoms with Gasteiger partial charge in [-0.25, -0.2) is 4.79 Å². The molecule has 3 rings (SSSR count). The van der Waals surface area contributed by atoms with Gasteiger partial charge in [-0.05, 0) is 61.4 Å². The Morgan fingerprint density at radius 2 is 1.89 bits per heavy atom. The zero-order chi connectivity index (χ0) is 25.0. The van der Waals surface area contributed by atoms with Crippen LogP contribution < -0.4 is 4.74 Å². The number of allylic oxidation sites excluding steroid dienone is 1. The van der Waals surface area contributed by atoms with E-state index in [1.165, 1.54) is 18.2 Å². The summed E-state index contributed by atoms with van der Waals surface area (Å²) in [6.45, 7) is 2.64. The smallest absolute Gasteiger partial charge is 0.335 e. The van der Waals surface area contributed by atoms with Gasteiger partial charge in [-0.3, -0.25) is 4.79 Å². The van der Waals surface area contributed by atoms with Crippen LogP contribution in [0.5, 0.6) is 5.75 Å². The minimum Gasteiger partial charge on any atom is -0.493 e. The van der Waals surface area contributed by atoms with E-state index in [-0.39, 0.29) is 30.0 Å². The number of rotatable bonds is 11. The predicted octanol–water partition coefficient (Wildman–Crippen LogP) is 5.33. The molecule has 2 aromatic carbocycles. The van der Waals surface area contributed by atoms with E-state index in [0.717, 1.165) is 12.2 Å². The van der Waals surface area contributed by atoms with Gasteiger partial charge < -0.3 is 14.6 Å². The van der Waals surface area contributed by atoms with Crippen molar-refractivity contribution in [3.05, 3.63) is 95.8 Å². The highest BCUT2D eigenvalue weighted by atomic mass is 16.5. The van der Waals surface area contributed by atoms with E-state index in [1.807, 2.05) is 36.4 Å². The summed E-state index contributed by atoms with van der Waals surface area (Å²) in [6.07, 6.45) is 8.47. The molecule has 5 heteroatoms. The van der Waals surface area contributed by atoms with Crippen molar-refractivity contribution < 1.29 is 24.2 Å². The van der Waals surface area contributed by atoms with Gasteiger partial charge in [0.05, 0.1) is 13.7 Å². The maximum absolute atomic E-state index is 13.0. The summed E-state index contributed by atoms with van der Waals surface area (Å²) in [5.74, 6) is 0.508. The van der Waals surface area contributed by atoms with Gasteiger partial charge in [0.1, 0.15) is 11.5 Å². The van der Waals surface area contributed by atoms with Crippen molar-refractivity contribution in [1.82, 2.24) is 0 Å². The van der Waals surface area contributed by atoms with Crippen LogP contribution in [0.4, 0.5) is 0 Å². The molecule has 1 aliphatic carbocycles. The highest BCUT2D eigenvalue weighted by molar-refractivity contribution is 5.85. The molecule has 1 N–H and O–H groups in total. The zero-order valence-electron chi connectivity index (χ0n) is 20.4. The van der Waals surface area contributed by atoms with Crippen molar-refractivity contribution >= 4 is 11.8 Å². The van der Waals surface area contributed by atoms with Crippen molar-refractivity contribution in [3.63, 3.8) is 0 Å². The Bertz CT molecular complexity index is 1050. The van der Waals surface area contributed by atoms with E-state index in [4.69, 9.17) is 4.74 Å². The van der Waals surface area contributed by atoms with E-state index in [2.05, 4.69) is 53.8 Å². The molecule has 0 aromatic heterocycles. The standard InChI is InChI=1S/C30H34O5/c1-22-16-18-23(19-17-22)27-21-29(32)26(14-7-4-8-15-28(31)30(33)34-2)25(27)13-9-10-20-35-24-11-5-3-6-12-24/h3,5-9,11-13,16-19,25-28,31H,10,14-15,20-21H2,1-2H3/b13-9+/t4?,25-,26-,27+,28?/m1/s1. The quantitative estimate of drug-likeness (QED) is 0.206. The van der Waals surface area contributed by atoms with Crippen LogP contribution in [0.1, 0.15) is 42.7 Å². The molecule has 2 aromatic rings. The van der Waals surface area contributed by atoms with Gasteiger partial charge in [0, 0.05) is 18.8 Å². The van der Waals surface area contributed by atoms with E-state index >= 15 is 0 Å². The van der Waals surface area contributed by atoms with Gasteiger partial charge in [-0.15, -0.1) is 5.73 Å². The fourth-order valence-electron chi connectivity index (χ4n) is 4.41. The van der Waals surface area contributed by atoms with Crippen molar-refractivity contribution in [2.75, 3.05) is 13.7 Å². The molecule has 0 spiro atoms. The average molecular weight is 475 g/mol. The second-order valence-corrected chi connectivity index (χ2v) is 8.84. The van der Waals surface area contributed by atoms with Crippen molar-refractivity contribution in [2.24, 2.45) is 11.8 Å². The summed E-state index contributed by atoms with van der Waals surface area (Å²) in [6, 6.07) is 18.2. The Hall–Kier alpha value is -3.40. The minimum atomic E-state index is -1.20. The molecule has 0 heterocycles. The molecule has 184 valence electrons. The molecule has 0 aliphatic heterocycles. The van der Waals surface area contributed by atoms with Gasteiger partial charge in [-0.2, -0.15) is 0 Å². The first kappa shape index (κ1) is 26.2. The summed E-state index contributed by atoms with van der Waals surface area (Å²) in [4.78, 5) is 24.3. The molecule has 0 amide bonds. The molecule has 0 radical (unpaired) electrons. The first-order valence-electron chi connectivity index (χ1n) is 12.1. The number of ketones is 1. The fraction of sp³-hybridized carbons (Fsp3) is 0.367. The van der Waals surface area contributed by atoms with E-state index in [0.29, 0.717) is 19.4 Å². The summed E-state index contributed by atoms with van der Waals surface area (Å²) >= 11 is 0. The third kappa shape index (κ3) is 7.81.